The van der Waals surface area contributed by atoms with Crippen molar-refractivity contribution in [2.75, 3.05) is 18.4 Å². The van der Waals surface area contributed by atoms with Crippen molar-refractivity contribution in [3.8, 4) is 0 Å². The van der Waals surface area contributed by atoms with Gasteiger partial charge in [0.1, 0.15) is 0 Å². The van der Waals surface area contributed by atoms with Crippen LogP contribution in [-0.2, 0) is 10.0 Å². The number of carbonyl (C=O) groups is 1. The van der Waals surface area contributed by atoms with E-state index in [1.54, 1.807) is 16.4 Å². The van der Waals surface area contributed by atoms with Gasteiger partial charge >= 0.3 is 0 Å². The average molecular weight is 415 g/mol. The summed E-state index contributed by atoms with van der Waals surface area (Å²) in [7, 11) is -3.51. The van der Waals surface area contributed by atoms with Crippen LogP contribution in [-0.4, -0.2) is 31.7 Å². The monoisotopic (exact) mass is 414 g/mol. The zero-order valence-corrected chi connectivity index (χ0v) is 18.0. The average Bonchev–Trinajstić information content (AvgIpc) is 3.04. The van der Waals surface area contributed by atoms with Crippen molar-refractivity contribution in [2.24, 2.45) is 0 Å². The molecular weight excluding hydrogens is 384 g/mol. The minimum absolute atomic E-state index is 0.237. The number of hydrogen-bond acceptors (Lipinski definition) is 3. The third-order valence-electron chi connectivity index (χ3n) is 5.67. The first kappa shape index (κ1) is 21.5. The molecule has 0 unspecified atom stereocenters. The summed E-state index contributed by atoms with van der Waals surface area (Å²) in [5.74, 6) is 0.104. The lowest BCUT2D eigenvalue weighted by Gasteiger charge is -2.20. The predicted molar refractivity (Wildman–Crippen MR) is 117 cm³/mol. The molecule has 29 heavy (non-hydrogen) atoms. The van der Waals surface area contributed by atoms with Crippen molar-refractivity contribution >= 4 is 21.6 Å². The van der Waals surface area contributed by atoms with Gasteiger partial charge in [0, 0.05) is 24.3 Å². The van der Waals surface area contributed by atoms with Crippen molar-refractivity contribution in [3.63, 3.8) is 0 Å². The molecule has 0 radical (unpaired) electrons. The fourth-order valence-corrected chi connectivity index (χ4v) is 5.18. The van der Waals surface area contributed by atoms with Gasteiger partial charge < -0.3 is 5.32 Å². The molecule has 1 aliphatic heterocycles. The van der Waals surface area contributed by atoms with Crippen molar-refractivity contribution in [1.82, 2.24) is 4.31 Å². The Morgan fingerprint density at radius 2 is 1.62 bits per heavy atom. The zero-order chi connectivity index (χ0) is 20.9. The van der Waals surface area contributed by atoms with E-state index >= 15 is 0 Å². The molecule has 1 amide bonds. The summed E-state index contributed by atoms with van der Waals surface area (Å²) in [5, 5.41) is 2.97. The van der Waals surface area contributed by atoms with Gasteiger partial charge in [0.25, 0.3) is 5.91 Å². The molecule has 2 aromatic rings. The van der Waals surface area contributed by atoms with Gasteiger partial charge in [0.15, 0.2) is 0 Å². The first-order valence-corrected chi connectivity index (χ1v) is 11.9. The lowest BCUT2D eigenvalue weighted by atomic mass is 9.97. The Labute approximate surface area is 174 Å². The second-order valence-electron chi connectivity index (χ2n) is 7.69. The topological polar surface area (TPSA) is 66.5 Å². The van der Waals surface area contributed by atoms with Crippen molar-refractivity contribution in [1.29, 1.82) is 0 Å². The van der Waals surface area contributed by atoms with Crippen LogP contribution in [0.1, 0.15) is 67.8 Å². The summed E-state index contributed by atoms with van der Waals surface area (Å²) in [5.41, 5.74) is 2.34. The van der Waals surface area contributed by atoms with E-state index in [4.69, 9.17) is 0 Å². The molecule has 0 saturated carbocycles. The largest absolute Gasteiger partial charge is 0.322 e. The lowest BCUT2D eigenvalue weighted by molar-refractivity contribution is 0.102. The summed E-state index contributed by atoms with van der Waals surface area (Å²) >= 11 is 0. The van der Waals surface area contributed by atoms with E-state index in [1.807, 2.05) is 24.3 Å². The maximum atomic E-state index is 12.9. The maximum absolute atomic E-state index is 12.9. The maximum Gasteiger partial charge on any atom is 0.255 e. The van der Waals surface area contributed by atoms with Gasteiger partial charge in [-0.05, 0) is 61.1 Å². The highest BCUT2D eigenvalue weighted by molar-refractivity contribution is 7.89. The molecule has 1 atom stereocenters. The van der Waals surface area contributed by atoms with E-state index in [0.717, 1.165) is 43.4 Å². The minimum atomic E-state index is -3.51. The van der Waals surface area contributed by atoms with Crippen LogP contribution in [0.3, 0.4) is 0 Å². The molecule has 1 fully saturated rings. The summed E-state index contributed by atoms with van der Waals surface area (Å²) in [6.07, 6.45) is 4.92. The molecule has 156 valence electrons. The van der Waals surface area contributed by atoms with Crippen LogP contribution in [0.5, 0.6) is 0 Å². The van der Waals surface area contributed by atoms with Gasteiger partial charge in [-0.1, -0.05) is 44.9 Å². The van der Waals surface area contributed by atoms with Gasteiger partial charge in [0.05, 0.1) is 4.90 Å². The molecule has 0 bridgehead atoms. The number of para-hydroxylation sites is 1. The lowest BCUT2D eigenvalue weighted by Crippen LogP contribution is -2.31. The predicted octanol–water partition coefficient (Wildman–Crippen LogP) is 5.02. The third-order valence-corrected chi connectivity index (χ3v) is 7.58. The number of rotatable bonds is 6. The molecule has 2 aromatic carbocycles. The van der Waals surface area contributed by atoms with Crippen LogP contribution in [0.2, 0.25) is 0 Å². The Bertz CT molecular complexity index is 931. The second-order valence-corrected chi connectivity index (χ2v) is 9.63. The van der Waals surface area contributed by atoms with Gasteiger partial charge in [-0.25, -0.2) is 8.42 Å². The van der Waals surface area contributed by atoms with Crippen LogP contribution in [0.25, 0.3) is 0 Å². The van der Waals surface area contributed by atoms with Crippen LogP contribution in [0, 0.1) is 0 Å². The molecule has 6 heteroatoms. The van der Waals surface area contributed by atoms with Gasteiger partial charge in [0.2, 0.25) is 10.0 Å². The van der Waals surface area contributed by atoms with Gasteiger partial charge in [-0.2, -0.15) is 4.31 Å². The molecule has 5 nitrogen and oxygen atoms in total. The molecule has 1 heterocycles. The first-order chi connectivity index (χ1) is 13.9. The molecule has 1 saturated heterocycles. The Kier molecular flexibility index (Phi) is 7.09. The Morgan fingerprint density at radius 3 is 2.24 bits per heavy atom. The number of amides is 1. The van der Waals surface area contributed by atoms with Gasteiger partial charge in [-0.3, -0.25) is 4.79 Å². The quantitative estimate of drug-likeness (QED) is 0.722. The third kappa shape index (κ3) is 5.06. The number of carbonyl (C=O) groups excluding carboxylic acids is 1. The number of hydrogen-bond donors (Lipinski definition) is 1. The Hall–Kier alpha value is -2.18. The van der Waals surface area contributed by atoms with E-state index in [9.17, 15) is 13.2 Å². The highest BCUT2D eigenvalue weighted by atomic mass is 32.2. The van der Waals surface area contributed by atoms with E-state index in [0.29, 0.717) is 24.6 Å². The van der Waals surface area contributed by atoms with Gasteiger partial charge in [-0.15, -0.1) is 0 Å². The normalized spacial score (nSPS) is 16.8. The van der Waals surface area contributed by atoms with Crippen LogP contribution in [0.4, 0.5) is 5.69 Å². The van der Waals surface area contributed by atoms with Crippen LogP contribution in [0.15, 0.2) is 53.4 Å². The smallest absolute Gasteiger partial charge is 0.255 e. The van der Waals surface area contributed by atoms with E-state index < -0.39 is 10.0 Å². The molecule has 0 aromatic heterocycles. The van der Waals surface area contributed by atoms with Crippen molar-refractivity contribution in [2.45, 2.75) is 56.8 Å². The standard InChI is InChI=1S/C23H30N2O3S/c1-3-18(2)21-10-6-7-11-22(21)24-23(26)19-12-14-20(15-13-19)29(27,28)25-16-8-4-5-9-17-25/h6-7,10-15,18H,3-5,8-9,16-17H2,1-2H3,(H,24,26)/t18-/m0/s1. The first-order valence-electron chi connectivity index (χ1n) is 10.4. The molecule has 3 rings (SSSR count). The molecule has 0 spiro atoms. The summed E-state index contributed by atoms with van der Waals surface area (Å²) in [6.45, 7) is 5.38. The van der Waals surface area contributed by atoms with Crippen LogP contribution < -0.4 is 5.32 Å². The Balaban J connectivity index is 1.76. The highest BCUT2D eigenvalue weighted by Gasteiger charge is 2.25. The molecule has 1 aliphatic rings. The zero-order valence-electron chi connectivity index (χ0n) is 17.2. The number of nitrogens with zero attached hydrogens (tertiary/aromatic N) is 1. The Morgan fingerprint density at radius 1 is 1.00 bits per heavy atom. The minimum Gasteiger partial charge on any atom is -0.322 e. The van der Waals surface area contributed by atoms with Crippen molar-refractivity contribution < 1.29 is 13.2 Å². The number of benzene rings is 2. The SMILES string of the molecule is CC[C@H](C)c1ccccc1NC(=O)c1ccc(S(=O)(=O)N2CCCCCC2)cc1. The molecule has 0 aliphatic carbocycles. The van der Waals surface area contributed by atoms with Crippen LogP contribution >= 0.6 is 0 Å². The number of nitrogens with one attached hydrogen (secondary N) is 1. The summed E-state index contributed by atoms with van der Waals surface area (Å²) in [6, 6.07) is 14.1. The number of sulfonamides is 1. The summed E-state index contributed by atoms with van der Waals surface area (Å²) < 4.78 is 27.3. The fourth-order valence-electron chi connectivity index (χ4n) is 3.66. The van der Waals surface area contributed by atoms with E-state index in [-0.39, 0.29) is 10.8 Å². The van der Waals surface area contributed by atoms with Crippen molar-refractivity contribution in [3.05, 3.63) is 59.7 Å². The molecule has 1 N–H and O–H groups in total. The molecular formula is C23H30N2O3S. The van der Waals surface area contributed by atoms with E-state index in [1.165, 1.54) is 12.1 Å². The fraction of sp³-hybridized carbons (Fsp3) is 0.435. The highest BCUT2D eigenvalue weighted by Crippen LogP contribution is 2.27. The number of anilines is 1. The summed E-state index contributed by atoms with van der Waals surface area (Å²) in [4.78, 5) is 13.0. The van der Waals surface area contributed by atoms with E-state index in [2.05, 4.69) is 19.2 Å². The second kappa shape index (κ2) is 9.55.